The van der Waals surface area contributed by atoms with Gasteiger partial charge in [0.15, 0.2) is 0 Å². The van der Waals surface area contributed by atoms with Crippen molar-refractivity contribution < 1.29 is 9.84 Å². The van der Waals surface area contributed by atoms with E-state index in [2.05, 4.69) is 0 Å². The van der Waals surface area contributed by atoms with Crippen LogP contribution < -0.4 is 0 Å². The largest absolute Gasteiger partial charge is 0.391 e. The Labute approximate surface area is 70.4 Å². The molecule has 62 valence electrons. The lowest BCUT2D eigenvalue weighted by Gasteiger charge is -1.95. The van der Waals surface area contributed by atoms with Gasteiger partial charge in [0.25, 0.3) is 0 Å². The van der Waals surface area contributed by atoms with Crippen LogP contribution in [0, 0.1) is 0 Å². The first kappa shape index (κ1) is 8.71. The van der Waals surface area contributed by atoms with E-state index in [1.54, 1.807) is 11.3 Å². The van der Waals surface area contributed by atoms with Crippen molar-refractivity contribution in [2.45, 2.75) is 20.1 Å². The molecule has 0 radical (unpaired) electrons. The summed E-state index contributed by atoms with van der Waals surface area (Å²) in [5, 5.41) is 8.75. The van der Waals surface area contributed by atoms with Gasteiger partial charge in [-0.05, 0) is 19.1 Å². The summed E-state index contributed by atoms with van der Waals surface area (Å²) in [4.78, 5) is 2.18. The molecular formula is C8H12O2S. The Bertz CT molecular complexity index is 208. The Morgan fingerprint density at radius 1 is 1.45 bits per heavy atom. The molecule has 2 nitrogen and oxygen atoms in total. The number of rotatable bonds is 4. The number of hydrogen-bond donors (Lipinski definition) is 1. The molecule has 0 aliphatic heterocycles. The fourth-order valence-corrected chi connectivity index (χ4v) is 1.60. The molecule has 0 fully saturated rings. The molecule has 0 amide bonds. The molecule has 0 unspecified atom stereocenters. The van der Waals surface area contributed by atoms with Gasteiger partial charge in [-0.1, -0.05) is 0 Å². The summed E-state index contributed by atoms with van der Waals surface area (Å²) in [7, 11) is 0. The van der Waals surface area contributed by atoms with E-state index in [0.29, 0.717) is 6.61 Å². The van der Waals surface area contributed by atoms with E-state index in [-0.39, 0.29) is 6.61 Å². The third kappa shape index (κ3) is 2.61. The summed E-state index contributed by atoms with van der Waals surface area (Å²) in [6.45, 7) is 3.52. The fourth-order valence-electron chi connectivity index (χ4n) is 0.788. The van der Waals surface area contributed by atoms with E-state index in [9.17, 15) is 0 Å². The van der Waals surface area contributed by atoms with Gasteiger partial charge in [-0.3, -0.25) is 0 Å². The van der Waals surface area contributed by atoms with Gasteiger partial charge in [-0.25, -0.2) is 0 Å². The Kier molecular flexibility index (Phi) is 3.56. The zero-order valence-electron chi connectivity index (χ0n) is 6.54. The number of ether oxygens (including phenoxy) is 1. The minimum atomic E-state index is 0.136. The standard InChI is InChI=1S/C8H12O2S/c1-2-10-6-8-4-3-7(5-9)11-8/h3-4,9H,2,5-6H2,1H3. The molecule has 0 aliphatic rings. The zero-order chi connectivity index (χ0) is 8.10. The molecule has 1 rings (SSSR count). The fraction of sp³-hybridized carbons (Fsp3) is 0.500. The van der Waals surface area contributed by atoms with Crippen molar-refractivity contribution in [3.05, 3.63) is 21.9 Å². The lowest BCUT2D eigenvalue weighted by Crippen LogP contribution is -1.87. The second kappa shape index (κ2) is 4.49. The Hall–Kier alpha value is -0.380. The van der Waals surface area contributed by atoms with Crippen LogP contribution >= 0.6 is 11.3 Å². The van der Waals surface area contributed by atoms with E-state index in [1.807, 2.05) is 19.1 Å². The first-order valence-corrected chi connectivity index (χ1v) is 4.44. The molecule has 1 aromatic heterocycles. The maximum absolute atomic E-state index is 8.75. The quantitative estimate of drug-likeness (QED) is 0.750. The molecule has 0 aliphatic carbocycles. The van der Waals surface area contributed by atoms with Gasteiger partial charge in [0.05, 0.1) is 13.2 Å². The predicted octanol–water partition coefficient (Wildman–Crippen LogP) is 1.78. The third-order valence-electron chi connectivity index (χ3n) is 1.32. The van der Waals surface area contributed by atoms with Gasteiger partial charge in [0.1, 0.15) is 0 Å². The Morgan fingerprint density at radius 2 is 2.18 bits per heavy atom. The van der Waals surface area contributed by atoms with Gasteiger partial charge in [-0.15, -0.1) is 11.3 Å². The summed E-state index contributed by atoms with van der Waals surface area (Å²) < 4.78 is 5.21. The first-order valence-electron chi connectivity index (χ1n) is 3.63. The van der Waals surface area contributed by atoms with Gasteiger partial charge < -0.3 is 9.84 Å². The Morgan fingerprint density at radius 3 is 2.73 bits per heavy atom. The molecule has 1 heterocycles. The van der Waals surface area contributed by atoms with Gasteiger partial charge in [0, 0.05) is 16.4 Å². The molecule has 1 aromatic rings. The summed E-state index contributed by atoms with van der Waals surface area (Å²) in [6.07, 6.45) is 0. The molecule has 1 N–H and O–H groups in total. The van der Waals surface area contributed by atoms with Gasteiger partial charge in [-0.2, -0.15) is 0 Å². The van der Waals surface area contributed by atoms with Crippen LogP contribution in [-0.2, 0) is 18.0 Å². The van der Waals surface area contributed by atoms with E-state index >= 15 is 0 Å². The van der Waals surface area contributed by atoms with Crippen molar-refractivity contribution in [1.82, 2.24) is 0 Å². The van der Waals surface area contributed by atoms with Crippen molar-refractivity contribution in [2.75, 3.05) is 6.61 Å². The number of aliphatic hydroxyl groups is 1. The molecule has 0 saturated carbocycles. The zero-order valence-corrected chi connectivity index (χ0v) is 7.36. The molecule has 0 bridgehead atoms. The maximum Gasteiger partial charge on any atom is 0.0809 e. The average Bonchev–Trinajstić information content (AvgIpc) is 2.48. The van der Waals surface area contributed by atoms with Gasteiger partial charge in [0.2, 0.25) is 0 Å². The molecule has 3 heteroatoms. The van der Waals surface area contributed by atoms with Crippen LogP contribution in [0.4, 0.5) is 0 Å². The number of thiophene rings is 1. The first-order chi connectivity index (χ1) is 5.36. The molecule has 0 spiro atoms. The number of hydrogen-bond acceptors (Lipinski definition) is 3. The smallest absolute Gasteiger partial charge is 0.0809 e. The molecule has 0 aromatic carbocycles. The molecular weight excluding hydrogens is 160 g/mol. The highest BCUT2D eigenvalue weighted by Crippen LogP contribution is 2.16. The van der Waals surface area contributed by atoms with Crippen LogP contribution in [0.1, 0.15) is 16.7 Å². The highest BCUT2D eigenvalue weighted by molar-refractivity contribution is 7.11. The van der Waals surface area contributed by atoms with Crippen molar-refractivity contribution in [3.63, 3.8) is 0 Å². The molecule has 11 heavy (non-hydrogen) atoms. The minimum Gasteiger partial charge on any atom is -0.391 e. The topological polar surface area (TPSA) is 29.5 Å². The van der Waals surface area contributed by atoms with E-state index < -0.39 is 0 Å². The monoisotopic (exact) mass is 172 g/mol. The highest BCUT2D eigenvalue weighted by atomic mass is 32.1. The summed E-state index contributed by atoms with van der Waals surface area (Å²) in [5.74, 6) is 0. The second-order valence-corrected chi connectivity index (χ2v) is 3.42. The molecule has 0 atom stereocenters. The van der Waals surface area contributed by atoms with Crippen LogP contribution in [0.15, 0.2) is 12.1 Å². The second-order valence-electron chi connectivity index (χ2n) is 2.16. The maximum atomic E-state index is 8.75. The number of aliphatic hydroxyl groups excluding tert-OH is 1. The summed E-state index contributed by atoms with van der Waals surface area (Å²) in [5.41, 5.74) is 0. The van der Waals surface area contributed by atoms with Crippen molar-refractivity contribution in [3.8, 4) is 0 Å². The van der Waals surface area contributed by atoms with Crippen LogP contribution in [0.3, 0.4) is 0 Å². The van der Waals surface area contributed by atoms with E-state index in [1.165, 1.54) is 4.88 Å². The highest BCUT2D eigenvalue weighted by Gasteiger charge is 1.97. The van der Waals surface area contributed by atoms with E-state index in [0.717, 1.165) is 11.5 Å². The minimum absolute atomic E-state index is 0.136. The van der Waals surface area contributed by atoms with Crippen LogP contribution in [0.2, 0.25) is 0 Å². The normalized spacial score (nSPS) is 10.4. The van der Waals surface area contributed by atoms with Crippen molar-refractivity contribution in [1.29, 1.82) is 0 Å². The lowest BCUT2D eigenvalue weighted by atomic mass is 10.4. The average molecular weight is 172 g/mol. The lowest BCUT2D eigenvalue weighted by molar-refractivity contribution is 0.136. The van der Waals surface area contributed by atoms with E-state index in [4.69, 9.17) is 9.84 Å². The van der Waals surface area contributed by atoms with Crippen molar-refractivity contribution >= 4 is 11.3 Å². The van der Waals surface area contributed by atoms with Crippen LogP contribution in [0.5, 0.6) is 0 Å². The van der Waals surface area contributed by atoms with Gasteiger partial charge >= 0.3 is 0 Å². The summed E-state index contributed by atoms with van der Waals surface area (Å²) in [6, 6.07) is 3.92. The molecule has 0 saturated heterocycles. The summed E-state index contributed by atoms with van der Waals surface area (Å²) >= 11 is 1.60. The predicted molar refractivity (Wildman–Crippen MR) is 45.6 cm³/mol. The SMILES string of the molecule is CCOCc1ccc(CO)s1. The van der Waals surface area contributed by atoms with Crippen LogP contribution in [0.25, 0.3) is 0 Å². The third-order valence-corrected chi connectivity index (χ3v) is 2.37. The van der Waals surface area contributed by atoms with Crippen LogP contribution in [-0.4, -0.2) is 11.7 Å². The van der Waals surface area contributed by atoms with Crippen molar-refractivity contribution in [2.24, 2.45) is 0 Å². The Balaban J connectivity index is 2.44.